The number of nitrogens with one attached hydrogen (secondary N) is 1. The zero-order chi connectivity index (χ0) is 19.6. The molecule has 1 N–H and O–H groups in total. The van der Waals surface area contributed by atoms with Crippen LogP contribution in [0.1, 0.15) is 46.5 Å². The van der Waals surface area contributed by atoms with Crippen molar-refractivity contribution in [2.24, 2.45) is 10.9 Å². The van der Waals surface area contributed by atoms with Gasteiger partial charge in [-0.3, -0.25) is 9.79 Å². The number of carbonyl (C=O) groups excluding carboxylic acids is 1. The maximum absolute atomic E-state index is 13.7. The Hall–Kier alpha value is -2.75. The van der Waals surface area contributed by atoms with Gasteiger partial charge in [0.25, 0.3) is 5.91 Å². The summed E-state index contributed by atoms with van der Waals surface area (Å²) in [5.74, 6) is -0.0133. The molecule has 0 saturated carbocycles. The van der Waals surface area contributed by atoms with Crippen molar-refractivity contribution in [3.05, 3.63) is 75.6 Å². The standard InChI is InChI=1S/C23H25FN2O/c1-14-7-17(10-20(24)8-14)9-15(2)16(3)22(13-25-4)18-5-6-19-12-26-23(27)21(19)11-18/h5-8,10-11,13,15H,9,12H2,1-4H3,(H,26,27). The predicted octanol–water partition coefficient (Wildman–Crippen LogP) is 4.73. The lowest BCUT2D eigenvalue weighted by atomic mass is 9.88. The fraction of sp³-hybridized carbons (Fsp3) is 0.304. The first-order valence-electron chi connectivity index (χ1n) is 9.19. The molecule has 1 amide bonds. The number of hydrogen-bond donors (Lipinski definition) is 1. The van der Waals surface area contributed by atoms with E-state index in [1.807, 2.05) is 37.4 Å². The van der Waals surface area contributed by atoms with Crippen LogP contribution in [-0.2, 0) is 13.0 Å². The van der Waals surface area contributed by atoms with E-state index < -0.39 is 0 Å². The summed E-state index contributed by atoms with van der Waals surface area (Å²) in [6.07, 6.45) is 2.59. The SMILES string of the molecule is CN=CC(=C(C)C(C)Cc1cc(C)cc(F)c1)c1ccc2c(c1)C(=O)NC2. The van der Waals surface area contributed by atoms with Gasteiger partial charge in [0.05, 0.1) is 0 Å². The number of fused-ring (bicyclic) bond motifs is 1. The summed E-state index contributed by atoms with van der Waals surface area (Å²) in [6, 6.07) is 11.2. The van der Waals surface area contributed by atoms with Crippen molar-refractivity contribution in [3.63, 3.8) is 0 Å². The van der Waals surface area contributed by atoms with E-state index in [0.29, 0.717) is 6.54 Å². The summed E-state index contributed by atoms with van der Waals surface area (Å²) < 4.78 is 13.7. The van der Waals surface area contributed by atoms with Crippen molar-refractivity contribution in [1.82, 2.24) is 5.32 Å². The molecule has 0 radical (unpaired) electrons. The molecule has 3 nitrogen and oxygen atoms in total. The van der Waals surface area contributed by atoms with Crippen LogP contribution in [0.2, 0.25) is 0 Å². The Balaban J connectivity index is 1.95. The van der Waals surface area contributed by atoms with Gasteiger partial charge in [-0.05, 0) is 72.2 Å². The number of hydrogen-bond acceptors (Lipinski definition) is 2. The van der Waals surface area contributed by atoms with Gasteiger partial charge in [-0.15, -0.1) is 0 Å². The molecule has 0 aromatic heterocycles. The van der Waals surface area contributed by atoms with Crippen molar-refractivity contribution < 1.29 is 9.18 Å². The first-order valence-corrected chi connectivity index (χ1v) is 9.19. The van der Waals surface area contributed by atoms with E-state index in [-0.39, 0.29) is 17.6 Å². The second-order valence-corrected chi connectivity index (χ2v) is 7.28. The molecule has 27 heavy (non-hydrogen) atoms. The zero-order valence-electron chi connectivity index (χ0n) is 16.3. The van der Waals surface area contributed by atoms with Crippen LogP contribution in [0.4, 0.5) is 4.39 Å². The quantitative estimate of drug-likeness (QED) is 0.766. The molecule has 2 aromatic carbocycles. The van der Waals surface area contributed by atoms with Gasteiger partial charge in [0.2, 0.25) is 0 Å². The fourth-order valence-corrected chi connectivity index (χ4v) is 3.62. The normalized spacial score (nSPS) is 15.5. The molecule has 1 heterocycles. The number of nitrogens with zero attached hydrogens (tertiary/aromatic N) is 1. The third kappa shape index (κ3) is 4.16. The van der Waals surface area contributed by atoms with Gasteiger partial charge in [0, 0.05) is 25.4 Å². The van der Waals surface area contributed by atoms with Gasteiger partial charge in [0.15, 0.2) is 0 Å². The average Bonchev–Trinajstić information content (AvgIpc) is 2.98. The number of aryl methyl sites for hydroxylation is 1. The number of halogens is 1. The third-order valence-electron chi connectivity index (χ3n) is 5.17. The van der Waals surface area contributed by atoms with Crippen LogP contribution in [0.15, 0.2) is 47.0 Å². The largest absolute Gasteiger partial charge is 0.348 e. The molecular formula is C23H25FN2O. The minimum absolute atomic E-state index is 0.0272. The van der Waals surface area contributed by atoms with Crippen LogP contribution < -0.4 is 5.32 Å². The lowest BCUT2D eigenvalue weighted by Gasteiger charge is -2.17. The predicted molar refractivity (Wildman–Crippen MR) is 109 cm³/mol. The monoisotopic (exact) mass is 364 g/mol. The van der Waals surface area contributed by atoms with E-state index in [4.69, 9.17) is 0 Å². The van der Waals surface area contributed by atoms with Gasteiger partial charge in [-0.25, -0.2) is 4.39 Å². The smallest absolute Gasteiger partial charge is 0.251 e. The summed E-state index contributed by atoms with van der Waals surface area (Å²) in [4.78, 5) is 16.2. The second kappa shape index (κ2) is 7.87. The molecule has 0 aliphatic carbocycles. The third-order valence-corrected chi connectivity index (χ3v) is 5.17. The maximum atomic E-state index is 13.7. The Morgan fingerprint density at radius 3 is 2.78 bits per heavy atom. The van der Waals surface area contributed by atoms with Crippen molar-refractivity contribution in [1.29, 1.82) is 0 Å². The number of carbonyl (C=O) groups is 1. The van der Waals surface area contributed by atoms with Crippen LogP contribution in [0, 0.1) is 18.7 Å². The average molecular weight is 364 g/mol. The lowest BCUT2D eigenvalue weighted by Crippen LogP contribution is -2.12. The summed E-state index contributed by atoms with van der Waals surface area (Å²) in [5, 5.41) is 2.85. The lowest BCUT2D eigenvalue weighted by molar-refractivity contribution is 0.0965. The Morgan fingerprint density at radius 2 is 2.07 bits per heavy atom. The highest BCUT2D eigenvalue weighted by molar-refractivity contribution is 6.12. The van der Waals surface area contributed by atoms with Gasteiger partial charge >= 0.3 is 0 Å². The van der Waals surface area contributed by atoms with Gasteiger partial charge in [0.1, 0.15) is 5.82 Å². The Morgan fingerprint density at radius 1 is 1.30 bits per heavy atom. The minimum Gasteiger partial charge on any atom is -0.348 e. The van der Waals surface area contributed by atoms with Gasteiger partial charge < -0.3 is 5.32 Å². The molecule has 1 atom stereocenters. The number of allylic oxidation sites excluding steroid dienone is 2. The van der Waals surface area contributed by atoms with Crippen molar-refractivity contribution in [2.45, 2.75) is 33.7 Å². The van der Waals surface area contributed by atoms with Crippen LogP contribution in [0.5, 0.6) is 0 Å². The van der Waals surface area contributed by atoms with Crippen LogP contribution >= 0.6 is 0 Å². The molecule has 1 aliphatic heterocycles. The molecule has 2 aromatic rings. The van der Waals surface area contributed by atoms with Crippen molar-refractivity contribution in [3.8, 4) is 0 Å². The van der Waals surface area contributed by atoms with E-state index in [1.54, 1.807) is 19.2 Å². The highest BCUT2D eigenvalue weighted by Gasteiger charge is 2.20. The summed E-state index contributed by atoms with van der Waals surface area (Å²) >= 11 is 0. The Bertz CT molecular complexity index is 923. The molecule has 4 heteroatoms. The number of aliphatic imine (C=N–C) groups is 1. The fourth-order valence-electron chi connectivity index (χ4n) is 3.62. The molecule has 0 saturated heterocycles. The Kier molecular flexibility index (Phi) is 5.54. The number of amides is 1. The van der Waals surface area contributed by atoms with E-state index >= 15 is 0 Å². The summed E-state index contributed by atoms with van der Waals surface area (Å²) in [5.41, 5.74) is 6.84. The zero-order valence-corrected chi connectivity index (χ0v) is 16.3. The molecular weight excluding hydrogens is 339 g/mol. The van der Waals surface area contributed by atoms with E-state index in [2.05, 4.69) is 24.2 Å². The summed E-state index contributed by atoms with van der Waals surface area (Å²) in [6.45, 7) is 6.72. The highest BCUT2D eigenvalue weighted by Crippen LogP contribution is 2.28. The van der Waals surface area contributed by atoms with E-state index in [9.17, 15) is 9.18 Å². The van der Waals surface area contributed by atoms with Gasteiger partial charge in [-0.1, -0.05) is 30.7 Å². The molecule has 1 unspecified atom stereocenters. The Labute approximate surface area is 160 Å². The van der Waals surface area contributed by atoms with E-state index in [0.717, 1.165) is 39.8 Å². The molecule has 1 aliphatic rings. The molecule has 3 rings (SSSR count). The van der Waals surface area contributed by atoms with E-state index in [1.165, 1.54) is 5.57 Å². The van der Waals surface area contributed by atoms with Crippen molar-refractivity contribution in [2.75, 3.05) is 7.05 Å². The van der Waals surface area contributed by atoms with Gasteiger partial charge in [-0.2, -0.15) is 0 Å². The highest BCUT2D eigenvalue weighted by atomic mass is 19.1. The molecule has 0 fully saturated rings. The van der Waals surface area contributed by atoms with Crippen molar-refractivity contribution >= 4 is 17.7 Å². The molecule has 0 bridgehead atoms. The summed E-state index contributed by atoms with van der Waals surface area (Å²) in [7, 11) is 1.74. The first-order chi connectivity index (χ1) is 12.9. The molecule has 140 valence electrons. The molecule has 0 spiro atoms. The first kappa shape index (κ1) is 19.0. The second-order valence-electron chi connectivity index (χ2n) is 7.28. The number of benzene rings is 2. The van der Waals surface area contributed by atoms with Crippen LogP contribution in [-0.4, -0.2) is 19.2 Å². The van der Waals surface area contributed by atoms with Crippen LogP contribution in [0.3, 0.4) is 0 Å². The maximum Gasteiger partial charge on any atom is 0.251 e. The van der Waals surface area contributed by atoms with Crippen LogP contribution in [0.25, 0.3) is 5.57 Å². The topological polar surface area (TPSA) is 41.5 Å². The minimum atomic E-state index is -0.196. The number of rotatable bonds is 5.